The van der Waals surface area contributed by atoms with Gasteiger partial charge in [-0.3, -0.25) is 0 Å². The van der Waals surface area contributed by atoms with E-state index in [2.05, 4.69) is 18.9 Å². The SMILES string of the molecule is CCCCCCCC(CN)N(C)CCCOC. The Balaban J connectivity index is 3.58. The zero-order valence-corrected chi connectivity index (χ0v) is 12.1. The van der Waals surface area contributed by atoms with Gasteiger partial charge in [-0.1, -0.05) is 39.0 Å². The highest BCUT2D eigenvalue weighted by molar-refractivity contribution is 4.69. The molecule has 0 aromatic rings. The Hall–Kier alpha value is -0.120. The molecule has 0 amide bonds. The van der Waals surface area contributed by atoms with Crippen LogP contribution in [0.5, 0.6) is 0 Å². The number of nitrogens with two attached hydrogens (primary N) is 1. The van der Waals surface area contributed by atoms with E-state index < -0.39 is 0 Å². The number of hydrogen-bond acceptors (Lipinski definition) is 3. The molecule has 2 N–H and O–H groups in total. The number of likely N-dealkylation sites (N-methyl/N-ethyl adjacent to an activating group) is 1. The van der Waals surface area contributed by atoms with E-state index in [9.17, 15) is 0 Å². The first-order valence-corrected chi connectivity index (χ1v) is 7.15. The number of hydrogen-bond donors (Lipinski definition) is 1. The molecule has 0 radical (unpaired) electrons. The summed E-state index contributed by atoms with van der Waals surface area (Å²) in [5, 5.41) is 0. The first-order valence-electron chi connectivity index (χ1n) is 7.15. The lowest BCUT2D eigenvalue weighted by Gasteiger charge is -2.26. The fourth-order valence-corrected chi connectivity index (χ4v) is 2.14. The molecule has 0 aliphatic rings. The predicted molar refractivity (Wildman–Crippen MR) is 75.3 cm³/mol. The fraction of sp³-hybridized carbons (Fsp3) is 1.00. The van der Waals surface area contributed by atoms with E-state index in [1.165, 1.54) is 38.5 Å². The Kier molecular flexibility index (Phi) is 12.3. The molecule has 3 heteroatoms. The van der Waals surface area contributed by atoms with Crippen molar-refractivity contribution in [1.82, 2.24) is 4.90 Å². The van der Waals surface area contributed by atoms with Crippen molar-refractivity contribution >= 4 is 0 Å². The number of rotatable bonds is 12. The quantitative estimate of drug-likeness (QED) is 0.536. The van der Waals surface area contributed by atoms with Gasteiger partial charge in [-0.05, 0) is 19.9 Å². The van der Waals surface area contributed by atoms with Gasteiger partial charge in [0.2, 0.25) is 0 Å². The smallest absolute Gasteiger partial charge is 0.0474 e. The Labute approximate surface area is 108 Å². The standard InChI is InChI=1S/C14H32N2O/c1-4-5-6-7-8-10-14(13-15)16(2)11-9-12-17-3/h14H,4-13,15H2,1-3H3. The van der Waals surface area contributed by atoms with E-state index >= 15 is 0 Å². The second-order valence-electron chi connectivity index (χ2n) is 4.92. The van der Waals surface area contributed by atoms with Crippen molar-refractivity contribution in [2.24, 2.45) is 5.73 Å². The van der Waals surface area contributed by atoms with E-state index in [1.54, 1.807) is 7.11 Å². The molecule has 0 saturated carbocycles. The van der Waals surface area contributed by atoms with E-state index in [0.717, 1.165) is 26.1 Å². The number of unbranched alkanes of at least 4 members (excludes halogenated alkanes) is 4. The predicted octanol–water partition coefficient (Wildman–Crippen LogP) is 2.64. The minimum absolute atomic E-state index is 0.550. The zero-order chi connectivity index (χ0) is 12.9. The first kappa shape index (κ1) is 16.9. The monoisotopic (exact) mass is 244 g/mol. The average Bonchev–Trinajstić information content (AvgIpc) is 2.34. The van der Waals surface area contributed by atoms with Crippen LogP contribution in [0.4, 0.5) is 0 Å². The molecule has 0 aliphatic carbocycles. The third-order valence-electron chi connectivity index (χ3n) is 3.40. The Bertz CT molecular complexity index is 153. The van der Waals surface area contributed by atoms with Gasteiger partial charge < -0.3 is 15.4 Å². The number of methoxy groups -OCH3 is 1. The van der Waals surface area contributed by atoms with Gasteiger partial charge >= 0.3 is 0 Å². The van der Waals surface area contributed by atoms with Crippen molar-refractivity contribution in [3.8, 4) is 0 Å². The molecule has 104 valence electrons. The van der Waals surface area contributed by atoms with Gasteiger partial charge in [0.15, 0.2) is 0 Å². The Morgan fingerprint density at radius 1 is 1.12 bits per heavy atom. The van der Waals surface area contributed by atoms with Gasteiger partial charge in [-0.25, -0.2) is 0 Å². The molecule has 0 heterocycles. The lowest BCUT2D eigenvalue weighted by molar-refractivity contribution is 0.162. The Morgan fingerprint density at radius 3 is 2.41 bits per heavy atom. The van der Waals surface area contributed by atoms with Gasteiger partial charge in [-0.15, -0.1) is 0 Å². The summed E-state index contributed by atoms with van der Waals surface area (Å²) in [5.74, 6) is 0. The van der Waals surface area contributed by atoms with Crippen molar-refractivity contribution < 1.29 is 4.74 Å². The molecule has 0 aliphatic heterocycles. The average molecular weight is 244 g/mol. The maximum atomic E-state index is 5.85. The van der Waals surface area contributed by atoms with Gasteiger partial charge in [0, 0.05) is 32.8 Å². The van der Waals surface area contributed by atoms with Crippen LogP contribution in [-0.2, 0) is 4.74 Å². The second kappa shape index (κ2) is 12.3. The third kappa shape index (κ3) is 9.57. The fourth-order valence-electron chi connectivity index (χ4n) is 2.14. The van der Waals surface area contributed by atoms with Crippen LogP contribution in [0.2, 0.25) is 0 Å². The van der Waals surface area contributed by atoms with Crippen molar-refractivity contribution in [3.63, 3.8) is 0 Å². The molecule has 0 bridgehead atoms. The minimum Gasteiger partial charge on any atom is -0.385 e. The van der Waals surface area contributed by atoms with E-state index in [4.69, 9.17) is 10.5 Å². The van der Waals surface area contributed by atoms with Crippen LogP contribution in [0, 0.1) is 0 Å². The highest BCUT2D eigenvalue weighted by Crippen LogP contribution is 2.10. The van der Waals surface area contributed by atoms with Crippen LogP contribution >= 0.6 is 0 Å². The molecule has 0 aromatic carbocycles. The summed E-state index contributed by atoms with van der Waals surface area (Å²) in [4.78, 5) is 2.39. The van der Waals surface area contributed by atoms with Crippen LogP contribution in [-0.4, -0.2) is 44.8 Å². The highest BCUT2D eigenvalue weighted by Gasteiger charge is 2.11. The van der Waals surface area contributed by atoms with Crippen molar-refractivity contribution in [2.45, 2.75) is 57.9 Å². The molecule has 1 unspecified atom stereocenters. The molecule has 0 saturated heterocycles. The molecule has 3 nitrogen and oxygen atoms in total. The normalized spacial score (nSPS) is 13.2. The summed E-state index contributed by atoms with van der Waals surface area (Å²) >= 11 is 0. The third-order valence-corrected chi connectivity index (χ3v) is 3.40. The van der Waals surface area contributed by atoms with Crippen molar-refractivity contribution in [3.05, 3.63) is 0 Å². The summed E-state index contributed by atoms with van der Waals surface area (Å²) in [6.07, 6.45) is 9.07. The lowest BCUT2D eigenvalue weighted by atomic mass is 10.1. The summed E-state index contributed by atoms with van der Waals surface area (Å²) in [5.41, 5.74) is 5.85. The van der Waals surface area contributed by atoms with Crippen molar-refractivity contribution in [2.75, 3.05) is 33.9 Å². The number of nitrogens with zero attached hydrogens (tertiary/aromatic N) is 1. The zero-order valence-electron chi connectivity index (χ0n) is 12.1. The minimum atomic E-state index is 0.550. The largest absolute Gasteiger partial charge is 0.385 e. The maximum absolute atomic E-state index is 5.85. The van der Waals surface area contributed by atoms with Crippen LogP contribution in [0.25, 0.3) is 0 Å². The van der Waals surface area contributed by atoms with E-state index in [1.807, 2.05) is 0 Å². The lowest BCUT2D eigenvalue weighted by Crippen LogP contribution is -2.38. The summed E-state index contributed by atoms with van der Waals surface area (Å²) < 4.78 is 5.07. The molecule has 0 rings (SSSR count). The first-order chi connectivity index (χ1) is 8.26. The van der Waals surface area contributed by atoms with E-state index in [-0.39, 0.29) is 0 Å². The molecule has 0 spiro atoms. The van der Waals surface area contributed by atoms with Gasteiger partial charge in [0.25, 0.3) is 0 Å². The van der Waals surface area contributed by atoms with E-state index in [0.29, 0.717) is 6.04 Å². The van der Waals surface area contributed by atoms with Crippen molar-refractivity contribution in [1.29, 1.82) is 0 Å². The maximum Gasteiger partial charge on any atom is 0.0474 e. The van der Waals surface area contributed by atoms with Crippen LogP contribution in [0.15, 0.2) is 0 Å². The highest BCUT2D eigenvalue weighted by atomic mass is 16.5. The molecular formula is C14H32N2O. The molecule has 0 aromatic heterocycles. The van der Waals surface area contributed by atoms with Gasteiger partial charge in [-0.2, -0.15) is 0 Å². The topological polar surface area (TPSA) is 38.5 Å². The Morgan fingerprint density at radius 2 is 1.82 bits per heavy atom. The second-order valence-corrected chi connectivity index (χ2v) is 4.92. The molecule has 0 fully saturated rings. The van der Waals surface area contributed by atoms with Gasteiger partial charge in [0.05, 0.1) is 0 Å². The van der Waals surface area contributed by atoms with Crippen LogP contribution in [0.1, 0.15) is 51.9 Å². The molecular weight excluding hydrogens is 212 g/mol. The summed E-state index contributed by atoms with van der Waals surface area (Å²) in [6.45, 7) is 4.96. The summed E-state index contributed by atoms with van der Waals surface area (Å²) in [7, 11) is 3.94. The van der Waals surface area contributed by atoms with Crippen LogP contribution < -0.4 is 5.73 Å². The molecule has 17 heavy (non-hydrogen) atoms. The number of ether oxygens (including phenoxy) is 1. The summed E-state index contributed by atoms with van der Waals surface area (Å²) in [6, 6.07) is 0.550. The van der Waals surface area contributed by atoms with Gasteiger partial charge in [0.1, 0.15) is 0 Å². The van der Waals surface area contributed by atoms with Crippen LogP contribution in [0.3, 0.4) is 0 Å². The molecule has 1 atom stereocenters.